The lowest BCUT2D eigenvalue weighted by atomic mass is 10.2. The second kappa shape index (κ2) is 7.92. The lowest BCUT2D eigenvalue weighted by molar-refractivity contribution is -0.137. The van der Waals surface area contributed by atoms with Gasteiger partial charge in [0.05, 0.1) is 15.5 Å². The standard InChI is InChI=1S/C15H18ClF3N2O3S/c16-13-6-5-11(9-12(13)15(17,18)19)25(23,24)20-8-7-14(22)21-10-3-1-2-4-10/h5-6,9-10,20H,1-4,7-8H2,(H,21,22). The van der Waals surface area contributed by atoms with E-state index in [0.29, 0.717) is 6.07 Å². The maximum absolute atomic E-state index is 12.8. The van der Waals surface area contributed by atoms with E-state index >= 15 is 0 Å². The molecular formula is C15H18ClF3N2O3S. The van der Waals surface area contributed by atoms with Crippen LogP contribution in [0.25, 0.3) is 0 Å². The van der Waals surface area contributed by atoms with Crippen molar-refractivity contribution in [3.05, 3.63) is 28.8 Å². The minimum atomic E-state index is -4.76. The van der Waals surface area contributed by atoms with E-state index in [1.54, 1.807) is 0 Å². The zero-order chi connectivity index (χ0) is 18.7. The van der Waals surface area contributed by atoms with Crippen molar-refractivity contribution >= 4 is 27.5 Å². The van der Waals surface area contributed by atoms with Gasteiger partial charge in [0.25, 0.3) is 0 Å². The van der Waals surface area contributed by atoms with Crippen LogP contribution in [0.2, 0.25) is 5.02 Å². The monoisotopic (exact) mass is 398 g/mol. The van der Waals surface area contributed by atoms with Crippen LogP contribution in [0, 0.1) is 0 Å². The van der Waals surface area contributed by atoms with Gasteiger partial charge in [0.15, 0.2) is 0 Å². The summed E-state index contributed by atoms with van der Waals surface area (Å²) in [5, 5.41) is 2.22. The van der Waals surface area contributed by atoms with Gasteiger partial charge in [0.2, 0.25) is 15.9 Å². The largest absolute Gasteiger partial charge is 0.417 e. The van der Waals surface area contributed by atoms with Gasteiger partial charge in [-0.05, 0) is 31.0 Å². The lowest BCUT2D eigenvalue weighted by Gasteiger charge is -2.13. The molecule has 1 aromatic rings. The summed E-state index contributed by atoms with van der Waals surface area (Å²) in [4.78, 5) is 11.2. The number of amides is 1. The van der Waals surface area contributed by atoms with E-state index in [1.165, 1.54) is 0 Å². The van der Waals surface area contributed by atoms with Crippen LogP contribution in [0.3, 0.4) is 0 Å². The van der Waals surface area contributed by atoms with Gasteiger partial charge >= 0.3 is 6.18 Å². The Hall–Kier alpha value is -1.32. The van der Waals surface area contributed by atoms with Crippen LogP contribution in [-0.2, 0) is 21.0 Å². The van der Waals surface area contributed by atoms with Crippen molar-refractivity contribution in [3.8, 4) is 0 Å². The van der Waals surface area contributed by atoms with Crippen molar-refractivity contribution in [1.29, 1.82) is 0 Å². The number of sulfonamides is 1. The Kier molecular flexibility index (Phi) is 6.34. The molecule has 1 aliphatic carbocycles. The predicted octanol–water partition coefficient (Wildman–Crippen LogP) is 3.09. The summed E-state index contributed by atoms with van der Waals surface area (Å²) in [5.74, 6) is -0.290. The smallest absolute Gasteiger partial charge is 0.353 e. The van der Waals surface area contributed by atoms with Gasteiger partial charge in [-0.1, -0.05) is 24.4 Å². The van der Waals surface area contributed by atoms with Crippen LogP contribution in [-0.4, -0.2) is 26.9 Å². The molecule has 0 aliphatic heterocycles. The van der Waals surface area contributed by atoms with E-state index in [0.717, 1.165) is 37.8 Å². The summed E-state index contributed by atoms with van der Waals surface area (Å²) in [5.41, 5.74) is -1.23. The molecule has 0 atom stereocenters. The minimum absolute atomic E-state index is 0.0878. The molecule has 25 heavy (non-hydrogen) atoms. The van der Waals surface area contributed by atoms with Crippen molar-refractivity contribution in [2.24, 2.45) is 0 Å². The van der Waals surface area contributed by atoms with E-state index in [2.05, 4.69) is 10.0 Å². The predicted molar refractivity (Wildman–Crippen MR) is 86.7 cm³/mol. The first-order chi connectivity index (χ1) is 11.6. The van der Waals surface area contributed by atoms with Crippen molar-refractivity contribution in [3.63, 3.8) is 0 Å². The maximum Gasteiger partial charge on any atom is 0.417 e. The molecule has 0 spiro atoms. The number of alkyl halides is 3. The molecule has 1 aromatic carbocycles. The number of hydrogen-bond acceptors (Lipinski definition) is 3. The number of rotatable bonds is 6. The summed E-state index contributed by atoms with van der Waals surface area (Å²) in [6, 6.07) is 2.46. The Labute approximate surface area is 149 Å². The molecule has 1 fully saturated rings. The highest BCUT2D eigenvalue weighted by Crippen LogP contribution is 2.35. The molecule has 0 radical (unpaired) electrons. The first kappa shape index (κ1) is 20.0. The molecule has 1 aliphatic rings. The number of hydrogen-bond donors (Lipinski definition) is 2. The fourth-order valence-electron chi connectivity index (χ4n) is 2.64. The Balaban J connectivity index is 1.96. The summed E-state index contributed by atoms with van der Waals surface area (Å²) in [6.07, 6.45) is -0.935. The van der Waals surface area contributed by atoms with Gasteiger partial charge < -0.3 is 5.32 Å². The van der Waals surface area contributed by atoms with Crippen LogP contribution >= 0.6 is 11.6 Å². The minimum Gasteiger partial charge on any atom is -0.353 e. The van der Waals surface area contributed by atoms with Crippen molar-refractivity contribution in [1.82, 2.24) is 10.0 Å². The highest BCUT2D eigenvalue weighted by atomic mass is 35.5. The van der Waals surface area contributed by atoms with Crippen molar-refractivity contribution < 1.29 is 26.4 Å². The molecule has 5 nitrogen and oxygen atoms in total. The highest BCUT2D eigenvalue weighted by molar-refractivity contribution is 7.89. The third-order valence-electron chi connectivity index (χ3n) is 3.92. The quantitative estimate of drug-likeness (QED) is 0.773. The van der Waals surface area contributed by atoms with Crippen LogP contribution in [0.5, 0.6) is 0 Å². The average Bonchev–Trinajstić information content (AvgIpc) is 2.98. The third-order valence-corrected chi connectivity index (χ3v) is 5.71. The fraction of sp³-hybridized carbons (Fsp3) is 0.533. The molecule has 2 rings (SSSR count). The first-order valence-corrected chi connectivity index (χ1v) is 9.61. The topological polar surface area (TPSA) is 75.3 Å². The molecule has 10 heteroatoms. The normalized spacial score (nSPS) is 16.2. The molecule has 0 heterocycles. The van der Waals surface area contributed by atoms with Crippen LogP contribution in [0.4, 0.5) is 13.2 Å². The second-order valence-corrected chi connectivity index (χ2v) is 8.01. The van der Waals surface area contributed by atoms with Crippen molar-refractivity contribution in [2.75, 3.05) is 6.54 Å². The molecule has 1 saturated carbocycles. The Morgan fingerprint density at radius 3 is 2.48 bits per heavy atom. The molecule has 140 valence electrons. The molecule has 0 aromatic heterocycles. The van der Waals surface area contributed by atoms with E-state index in [4.69, 9.17) is 11.6 Å². The molecule has 0 bridgehead atoms. The number of halogens is 4. The number of benzene rings is 1. The number of carbonyl (C=O) groups is 1. The van der Waals surface area contributed by atoms with Crippen molar-refractivity contribution in [2.45, 2.75) is 49.2 Å². The van der Waals surface area contributed by atoms with E-state index in [1.807, 2.05) is 0 Å². The van der Waals surface area contributed by atoms with Crippen LogP contribution in [0.15, 0.2) is 23.1 Å². The SMILES string of the molecule is O=C(CCNS(=O)(=O)c1ccc(Cl)c(C(F)(F)F)c1)NC1CCCC1. The first-order valence-electron chi connectivity index (χ1n) is 7.75. The molecule has 0 saturated heterocycles. The van der Waals surface area contributed by atoms with Gasteiger partial charge in [-0.3, -0.25) is 4.79 Å². The zero-order valence-corrected chi connectivity index (χ0v) is 14.8. The van der Waals surface area contributed by atoms with Gasteiger partial charge in [0.1, 0.15) is 0 Å². The molecular weight excluding hydrogens is 381 g/mol. The van der Waals surface area contributed by atoms with Gasteiger partial charge in [-0.2, -0.15) is 13.2 Å². The summed E-state index contributed by atoms with van der Waals surface area (Å²) in [7, 11) is -4.17. The van der Waals surface area contributed by atoms with Gasteiger partial charge in [-0.25, -0.2) is 13.1 Å². The highest BCUT2D eigenvalue weighted by Gasteiger charge is 2.34. The fourth-order valence-corrected chi connectivity index (χ4v) is 3.92. The average molecular weight is 399 g/mol. The molecule has 0 unspecified atom stereocenters. The molecule has 2 N–H and O–H groups in total. The maximum atomic E-state index is 12.8. The zero-order valence-electron chi connectivity index (χ0n) is 13.2. The Morgan fingerprint density at radius 1 is 1.24 bits per heavy atom. The number of carbonyl (C=O) groups excluding carboxylic acids is 1. The second-order valence-electron chi connectivity index (χ2n) is 5.84. The van der Waals surface area contributed by atoms with E-state index in [-0.39, 0.29) is 24.9 Å². The lowest BCUT2D eigenvalue weighted by Crippen LogP contribution is -2.35. The van der Waals surface area contributed by atoms with Crippen LogP contribution in [0.1, 0.15) is 37.7 Å². The Morgan fingerprint density at radius 2 is 1.88 bits per heavy atom. The van der Waals surface area contributed by atoms with Gasteiger partial charge in [0, 0.05) is 19.0 Å². The van der Waals surface area contributed by atoms with Gasteiger partial charge in [-0.15, -0.1) is 0 Å². The summed E-state index contributed by atoms with van der Waals surface area (Å²) < 4.78 is 64.8. The Bertz CT molecular complexity index is 732. The third kappa shape index (κ3) is 5.58. The van der Waals surface area contributed by atoms with E-state index < -0.39 is 31.7 Å². The van der Waals surface area contributed by atoms with Crippen LogP contribution < -0.4 is 10.0 Å². The summed E-state index contributed by atoms with van der Waals surface area (Å²) in [6.45, 7) is -0.204. The van der Waals surface area contributed by atoms with E-state index in [9.17, 15) is 26.4 Å². The molecule has 1 amide bonds. The number of nitrogens with one attached hydrogen (secondary N) is 2. The summed E-state index contributed by atoms with van der Waals surface area (Å²) >= 11 is 5.47.